The lowest BCUT2D eigenvalue weighted by Crippen LogP contribution is -2.30. The summed E-state index contributed by atoms with van der Waals surface area (Å²) in [5, 5.41) is 2.77. The second-order valence-electron chi connectivity index (χ2n) is 4.86. The summed E-state index contributed by atoms with van der Waals surface area (Å²) < 4.78 is 37.7. The van der Waals surface area contributed by atoms with E-state index in [-0.39, 0.29) is 12.3 Å². The predicted molar refractivity (Wildman–Crippen MR) is 72.2 cm³/mol. The number of hydrogen-bond donors (Lipinski definition) is 1. The van der Waals surface area contributed by atoms with Gasteiger partial charge < -0.3 is 5.32 Å². The molecule has 0 saturated carbocycles. The van der Waals surface area contributed by atoms with Crippen molar-refractivity contribution in [3.05, 3.63) is 35.4 Å². The Morgan fingerprint density at radius 3 is 2.45 bits per heavy atom. The SMILES string of the molecule is CCC(CC)CNC(=O)Cc1cccc(C(F)(F)F)c1. The maximum atomic E-state index is 12.6. The van der Waals surface area contributed by atoms with E-state index in [1.54, 1.807) is 0 Å². The van der Waals surface area contributed by atoms with E-state index in [2.05, 4.69) is 5.32 Å². The van der Waals surface area contributed by atoms with Gasteiger partial charge in [-0.1, -0.05) is 44.9 Å². The molecule has 5 heteroatoms. The van der Waals surface area contributed by atoms with Crippen molar-refractivity contribution in [3.63, 3.8) is 0 Å². The Kier molecular flexibility index (Phi) is 6.05. The van der Waals surface area contributed by atoms with Gasteiger partial charge in [-0.3, -0.25) is 4.79 Å². The molecule has 1 amide bonds. The Hall–Kier alpha value is -1.52. The predicted octanol–water partition coefficient (Wildman–Crippen LogP) is 3.80. The normalized spacial score (nSPS) is 11.7. The molecule has 20 heavy (non-hydrogen) atoms. The van der Waals surface area contributed by atoms with Crippen LogP contribution in [0, 0.1) is 5.92 Å². The minimum absolute atomic E-state index is 0.0237. The molecule has 1 N–H and O–H groups in total. The van der Waals surface area contributed by atoms with Gasteiger partial charge in [-0.25, -0.2) is 0 Å². The summed E-state index contributed by atoms with van der Waals surface area (Å²) in [4.78, 5) is 11.7. The van der Waals surface area contributed by atoms with Crippen molar-refractivity contribution >= 4 is 5.91 Å². The number of halogens is 3. The van der Waals surface area contributed by atoms with E-state index < -0.39 is 11.7 Å². The smallest absolute Gasteiger partial charge is 0.356 e. The Morgan fingerprint density at radius 2 is 1.90 bits per heavy atom. The van der Waals surface area contributed by atoms with Gasteiger partial charge >= 0.3 is 6.18 Å². The molecule has 0 aliphatic rings. The minimum atomic E-state index is -4.37. The van der Waals surface area contributed by atoms with Crippen molar-refractivity contribution in [3.8, 4) is 0 Å². The number of alkyl halides is 3. The molecular formula is C15H20F3NO. The first-order valence-electron chi connectivity index (χ1n) is 6.79. The number of hydrogen-bond acceptors (Lipinski definition) is 1. The molecule has 0 aliphatic heterocycles. The Bertz CT molecular complexity index is 439. The topological polar surface area (TPSA) is 29.1 Å². The van der Waals surface area contributed by atoms with Crippen LogP contribution in [0.5, 0.6) is 0 Å². The third-order valence-corrected chi connectivity index (χ3v) is 3.36. The minimum Gasteiger partial charge on any atom is -0.356 e. The summed E-state index contributed by atoms with van der Waals surface area (Å²) in [7, 11) is 0. The zero-order valence-electron chi connectivity index (χ0n) is 11.8. The molecule has 2 nitrogen and oxygen atoms in total. The maximum Gasteiger partial charge on any atom is 0.416 e. The highest BCUT2D eigenvalue weighted by Gasteiger charge is 2.30. The standard InChI is InChI=1S/C15H20F3NO/c1-3-11(4-2)10-19-14(20)9-12-6-5-7-13(8-12)15(16,17)18/h5-8,11H,3-4,9-10H2,1-2H3,(H,19,20). The number of nitrogens with one attached hydrogen (secondary N) is 1. The third-order valence-electron chi connectivity index (χ3n) is 3.36. The summed E-state index contributed by atoms with van der Waals surface area (Å²) in [5.41, 5.74) is -0.343. The molecule has 0 aromatic heterocycles. The average molecular weight is 287 g/mol. The van der Waals surface area contributed by atoms with Crippen molar-refractivity contribution in [1.29, 1.82) is 0 Å². The first-order valence-corrected chi connectivity index (χ1v) is 6.79. The maximum absolute atomic E-state index is 12.6. The van der Waals surface area contributed by atoms with E-state index in [4.69, 9.17) is 0 Å². The van der Waals surface area contributed by atoms with E-state index in [0.29, 0.717) is 18.0 Å². The molecule has 0 spiro atoms. The fourth-order valence-corrected chi connectivity index (χ4v) is 1.94. The summed E-state index contributed by atoms with van der Waals surface area (Å²) in [6.07, 6.45) is -2.45. The van der Waals surface area contributed by atoms with Gasteiger partial charge in [0.2, 0.25) is 5.91 Å². The molecule has 1 aromatic carbocycles. The Labute approximate surface area is 117 Å². The van der Waals surface area contributed by atoms with Crippen molar-refractivity contribution in [2.75, 3.05) is 6.54 Å². The molecule has 0 saturated heterocycles. The lowest BCUT2D eigenvalue weighted by atomic mass is 10.0. The Balaban J connectivity index is 2.58. The molecule has 0 radical (unpaired) electrons. The van der Waals surface area contributed by atoms with Crippen LogP contribution in [-0.2, 0) is 17.4 Å². The summed E-state index contributed by atoms with van der Waals surface area (Å²) >= 11 is 0. The second-order valence-corrected chi connectivity index (χ2v) is 4.86. The van der Waals surface area contributed by atoms with Crippen LogP contribution >= 0.6 is 0 Å². The van der Waals surface area contributed by atoms with Crippen LogP contribution in [0.25, 0.3) is 0 Å². The van der Waals surface area contributed by atoms with Gasteiger partial charge in [0, 0.05) is 6.54 Å². The van der Waals surface area contributed by atoms with Crippen LogP contribution in [-0.4, -0.2) is 12.5 Å². The lowest BCUT2D eigenvalue weighted by molar-refractivity contribution is -0.137. The van der Waals surface area contributed by atoms with Gasteiger partial charge in [-0.15, -0.1) is 0 Å². The van der Waals surface area contributed by atoms with Crippen LogP contribution < -0.4 is 5.32 Å². The number of carbonyl (C=O) groups excluding carboxylic acids is 1. The molecule has 1 aromatic rings. The largest absolute Gasteiger partial charge is 0.416 e. The number of amides is 1. The second kappa shape index (κ2) is 7.31. The fraction of sp³-hybridized carbons (Fsp3) is 0.533. The van der Waals surface area contributed by atoms with Crippen LogP contribution in [0.15, 0.2) is 24.3 Å². The van der Waals surface area contributed by atoms with Gasteiger partial charge in [0.15, 0.2) is 0 Å². The highest BCUT2D eigenvalue weighted by atomic mass is 19.4. The first-order chi connectivity index (χ1) is 9.36. The van der Waals surface area contributed by atoms with E-state index in [1.165, 1.54) is 12.1 Å². The van der Waals surface area contributed by atoms with Crippen LogP contribution in [0.1, 0.15) is 37.8 Å². The van der Waals surface area contributed by atoms with Gasteiger partial charge in [0.25, 0.3) is 0 Å². The molecule has 1 rings (SSSR count). The first kappa shape index (κ1) is 16.5. The number of benzene rings is 1. The van der Waals surface area contributed by atoms with Crippen molar-refractivity contribution < 1.29 is 18.0 Å². The molecule has 112 valence electrons. The molecule has 0 atom stereocenters. The molecule has 0 unspecified atom stereocenters. The zero-order chi connectivity index (χ0) is 15.2. The van der Waals surface area contributed by atoms with Crippen LogP contribution in [0.2, 0.25) is 0 Å². The van der Waals surface area contributed by atoms with Crippen molar-refractivity contribution in [1.82, 2.24) is 5.32 Å². The van der Waals surface area contributed by atoms with Gasteiger partial charge in [-0.05, 0) is 17.5 Å². The fourth-order valence-electron chi connectivity index (χ4n) is 1.94. The monoisotopic (exact) mass is 287 g/mol. The van der Waals surface area contributed by atoms with E-state index >= 15 is 0 Å². The lowest BCUT2D eigenvalue weighted by Gasteiger charge is -2.13. The van der Waals surface area contributed by atoms with E-state index in [9.17, 15) is 18.0 Å². The number of rotatable bonds is 6. The summed E-state index contributed by atoms with van der Waals surface area (Å²) in [5.74, 6) is 0.177. The third kappa shape index (κ3) is 5.23. The van der Waals surface area contributed by atoms with Gasteiger partial charge in [-0.2, -0.15) is 13.2 Å². The quantitative estimate of drug-likeness (QED) is 0.847. The van der Waals surface area contributed by atoms with Crippen LogP contribution in [0.4, 0.5) is 13.2 Å². The summed E-state index contributed by atoms with van der Waals surface area (Å²) in [6, 6.07) is 4.89. The zero-order valence-corrected chi connectivity index (χ0v) is 11.8. The average Bonchev–Trinajstić information content (AvgIpc) is 2.39. The molecule has 0 fully saturated rings. The van der Waals surface area contributed by atoms with Gasteiger partial charge in [0.1, 0.15) is 0 Å². The van der Waals surface area contributed by atoms with Crippen molar-refractivity contribution in [2.45, 2.75) is 39.3 Å². The Morgan fingerprint density at radius 1 is 1.25 bits per heavy atom. The molecule has 0 heterocycles. The molecule has 0 bridgehead atoms. The number of carbonyl (C=O) groups is 1. The van der Waals surface area contributed by atoms with E-state index in [1.807, 2.05) is 13.8 Å². The summed E-state index contributed by atoms with van der Waals surface area (Å²) in [6.45, 7) is 4.67. The van der Waals surface area contributed by atoms with Crippen molar-refractivity contribution in [2.24, 2.45) is 5.92 Å². The van der Waals surface area contributed by atoms with E-state index in [0.717, 1.165) is 25.0 Å². The molecular weight excluding hydrogens is 267 g/mol. The van der Waals surface area contributed by atoms with Gasteiger partial charge in [0.05, 0.1) is 12.0 Å². The van der Waals surface area contributed by atoms with Crippen LogP contribution in [0.3, 0.4) is 0 Å². The highest BCUT2D eigenvalue weighted by molar-refractivity contribution is 5.78. The highest BCUT2D eigenvalue weighted by Crippen LogP contribution is 2.29. The molecule has 0 aliphatic carbocycles.